The highest BCUT2D eigenvalue weighted by Gasteiger charge is 2.31. The summed E-state index contributed by atoms with van der Waals surface area (Å²) in [6.07, 6.45) is 2.96. The number of halogens is 2. The molecule has 2 heterocycles. The zero-order valence-corrected chi connectivity index (χ0v) is 18.7. The number of nitrogens with one attached hydrogen (secondary N) is 1. The predicted octanol–water partition coefficient (Wildman–Crippen LogP) is 1.33. The quantitative estimate of drug-likeness (QED) is 0.701. The number of amides is 1. The summed E-state index contributed by atoms with van der Waals surface area (Å²) in [6, 6.07) is 13.0. The Morgan fingerprint density at radius 1 is 1.23 bits per heavy atom. The number of anilines is 1. The molecule has 30 heavy (non-hydrogen) atoms. The summed E-state index contributed by atoms with van der Waals surface area (Å²) in [5.41, 5.74) is 3.06. The van der Waals surface area contributed by atoms with Crippen LogP contribution in [0.4, 0.5) is 10.1 Å². The average Bonchev–Trinajstić information content (AvgIpc) is 3.24. The lowest BCUT2D eigenvalue weighted by Gasteiger charge is -2.35. The molecule has 1 atom stereocenters. The van der Waals surface area contributed by atoms with Gasteiger partial charge in [-0.1, -0.05) is 12.1 Å². The van der Waals surface area contributed by atoms with E-state index in [1.807, 2.05) is 23.9 Å². The van der Waals surface area contributed by atoms with Crippen molar-refractivity contribution in [1.29, 1.82) is 0 Å². The van der Waals surface area contributed by atoms with E-state index in [4.69, 9.17) is 4.74 Å². The second-order valence-electron chi connectivity index (χ2n) is 8.25. The first kappa shape index (κ1) is 22.7. The Bertz CT molecular complexity index is 941. The maximum atomic E-state index is 13.4. The van der Waals surface area contributed by atoms with E-state index in [0.717, 1.165) is 16.7 Å². The third-order valence-corrected chi connectivity index (χ3v) is 6.82. The van der Waals surface area contributed by atoms with Gasteiger partial charge in [0.1, 0.15) is 24.7 Å². The summed E-state index contributed by atoms with van der Waals surface area (Å²) in [6.45, 7) is 1.15. The third kappa shape index (κ3) is 5.17. The van der Waals surface area contributed by atoms with Crippen LogP contribution >= 0.6 is 11.8 Å². The van der Waals surface area contributed by atoms with Crippen molar-refractivity contribution >= 4 is 29.4 Å². The molecule has 0 aliphatic carbocycles. The van der Waals surface area contributed by atoms with Crippen molar-refractivity contribution in [1.82, 2.24) is 0 Å². The molecule has 4 nitrogen and oxygen atoms in total. The molecule has 1 N–H and O–H groups in total. The number of benzene rings is 2. The predicted molar refractivity (Wildman–Crippen MR) is 116 cm³/mol. The summed E-state index contributed by atoms with van der Waals surface area (Å²) in [4.78, 5) is 12.6. The second-order valence-corrected chi connectivity index (χ2v) is 9.40. The van der Waals surface area contributed by atoms with Crippen LogP contribution in [0.2, 0.25) is 0 Å². The van der Waals surface area contributed by atoms with E-state index >= 15 is 0 Å². The molecule has 0 radical (unpaired) electrons. The second kappa shape index (κ2) is 9.41. The molecule has 0 aromatic heterocycles. The summed E-state index contributed by atoms with van der Waals surface area (Å²) in [5.74, 6) is 2.50. The average molecular weight is 449 g/mol. The number of quaternary nitrogens is 1. The maximum Gasteiger partial charge on any atom is 0.255 e. The SMILES string of the molecule is C[N+](C)(Cc1ccc(NC(=O)C2=Cc3cc(F)ccc3OC2)cc1)C1CCSC1.[Cl-]. The molecule has 0 bridgehead atoms. The highest BCUT2D eigenvalue weighted by atomic mass is 35.5. The highest BCUT2D eigenvalue weighted by molar-refractivity contribution is 7.99. The molecule has 2 aliphatic heterocycles. The lowest BCUT2D eigenvalue weighted by Crippen LogP contribution is -3.00. The number of hydrogen-bond donors (Lipinski definition) is 1. The highest BCUT2D eigenvalue weighted by Crippen LogP contribution is 2.29. The van der Waals surface area contributed by atoms with Gasteiger partial charge in [0, 0.05) is 29.0 Å². The van der Waals surface area contributed by atoms with Crippen LogP contribution in [0.15, 0.2) is 48.0 Å². The molecule has 2 aliphatic rings. The molecule has 2 aromatic rings. The van der Waals surface area contributed by atoms with E-state index in [-0.39, 0.29) is 30.7 Å². The van der Waals surface area contributed by atoms with Gasteiger partial charge in [-0.15, -0.1) is 0 Å². The minimum absolute atomic E-state index is 0. The number of rotatable bonds is 5. The first-order valence-electron chi connectivity index (χ1n) is 9.84. The topological polar surface area (TPSA) is 38.3 Å². The Kier molecular flexibility index (Phi) is 7.11. The van der Waals surface area contributed by atoms with Crippen molar-refractivity contribution in [2.24, 2.45) is 0 Å². The number of hydrogen-bond acceptors (Lipinski definition) is 3. The van der Waals surface area contributed by atoms with Crippen LogP contribution in [0.25, 0.3) is 6.08 Å². The molecule has 2 aromatic carbocycles. The summed E-state index contributed by atoms with van der Waals surface area (Å²) < 4.78 is 20.0. The largest absolute Gasteiger partial charge is 1.00 e. The van der Waals surface area contributed by atoms with Gasteiger partial charge in [-0.3, -0.25) is 4.79 Å². The number of carbonyl (C=O) groups is 1. The number of carbonyl (C=O) groups excluding carboxylic acids is 1. The Morgan fingerprint density at radius 2 is 2.00 bits per heavy atom. The van der Waals surface area contributed by atoms with E-state index in [9.17, 15) is 9.18 Å². The minimum Gasteiger partial charge on any atom is -1.00 e. The van der Waals surface area contributed by atoms with Gasteiger partial charge in [0.05, 0.1) is 25.7 Å². The van der Waals surface area contributed by atoms with Gasteiger partial charge < -0.3 is 26.9 Å². The number of fused-ring (bicyclic) bond motifs is 1. The summed E-state index contributed by atoms with van der Waals surface area (Å²) in [5, 5.41) is 2.91. The van der Waals surface area contributed by atoms with Crippen molar-refractivity contribution in [3.8, 4) is 5.75 Å². The monoisotopic (exact) mass is 448 g/mol. The van der Waals surface area contributed by atoms with Gasteiger partial charge >= 0.3 is 0 Å². The molecule has 1 fully saturated rings. The molecule has 160 valence electrons. The van der Waals surface area contributed by atoms with Crippen LogP contribution in [0.1, 0.15) is 17.5 Å². The molecule has 1 saturated heterocycles. The summed E-state index contributed by atoms with van der Waals surface area (Å²) in [7, 11) is 4.59. The first-order chi connectivity index (χ1) is 13.9. The van der Waals surface area contributed by atoms with Gasteiger partial charge in [-0.05, 0) is 42.2 Å². The standard InChI is InChI=1S/C23H25FN2O2S.ClH/c1-26(2,21-9-10-29-15-21)13-16-3-6-20(7-4-16)25-23(27)18-11-17-12-19(24)5-8-22(17)28-14-18;/h3-8,11-12,21H,9-10,13-15H2,1-2H3;1H. The maximum absolute atomic E-state index is 13.4. The van der Waals surface area contributed by atoms with Crippen molar-refractivity contribution in [3.63, 3.8) is 0 Å². The zero-order valence-electron chi connectivity index (χ0n) is 17.2. The fourth-order valence-electron chi connectivity index (χ4n) is 3.86. The number of ether oxygens (including phenoxy) is 1. The van der Waals surface area contributed by atoms with Crippen LogP contribution in [0.3, 0.4) is 0 Å². The van der Waals surface area contributed by atoms with Crippen LogP contribution in [-0.2, 0) is 11.3 Å². The van der Waals surface area contributed by atoms with E-state index in [2.05, 4.69) is 31.5 Å². The van der Waals surface area contributed by atoms with Crippen molar-refractivity contribution < 1.29 is 30.8 Å². The minimum atomic E-state index is -0.349. The fraction of sp³-hybridized carbons (Fsp3) is 0.348. The van der Waals surface area contributed by atoms with Gasteiger partial charge in [-0.2, -0.15) is 11.8 Å². The first-order valence-corrected chi connectivity index (χ1v) is 11.0. The Hall–Kier alpha value is -2.02. The van der Waals surface area contributed by atoms with Crippen LogP contribution in [0.5, 0.6) is 5.75 Å². The van der Waals surface area contributed by atoms with Crippen LogP contribution < -0.4 is 22.5 Å². The zero-order chi connectivity index (χ0) is 20.4. The van der Waals surface area contributed by atoms with Crippen molar-refractivity contribution in [2.45, 2.75) is 19.0 Å². The number of thioether (sulfide) groups is 1. The van der Waals surface area contributed by atoms with Gasteiger partial charge in [-0.25, -0.2) is 4.39 Å². The van der Waals surface area contributed by atoms with E-state index < -0.39 is 0 Å². The molecule has 0 spiro atoms. The van der Waals surface area contributed by atoms with Gasteiger partial charge in [0.25, 0.3) is 5.91 Å². The van der Waals surface area contributed by atoms with Crippen molar-refractivity contribution in [2.75, 3.05) is 37.5 Å². The summed E-state index contributed by atoms with van der Waals surface area (Å²) >= 11 is 2.04. The molecular formula is C23H26ClFN2O2S. The van der Waals surface area contributed by atoms with Crippen LogP contribution in [0, 0.1) is 5.82 Å². The molecule has 7 heteroatoms. The smallest absolute Gasteiger partial charge is 0.255 e. The Balaban J connectivity index is 0.00000256. The van der Waals surface area contributed by atoms with E-state index in [1.165, 1.54) is 35.6 Å². The van der Waals surface area contributed by atoms with Gasteiger partial charge in [0.2, 0.25) is 0 Å². The number of nitrogens with zero attached hydrogens (tertiary/aromatic N) is 1. The Labute approximate surface area is 187 Å². The lowest BCUT2D eigenvalue weighted by molar-refractivity contribution is -0.924. The molecular weight excluding hydrogens is 423 g/mol. The normalized spacial score (nSPS) is 18.0. The molecule has 1 amide bonds. The lowest BCUT2D eigenvalue weighted by atomic mass is 10.1. The third-order valence-electron chi connectivity index (χ3n) is 5.67. The van der Waals surface area contributed by atoms with Gasteiger partial charge in [0.15, 0.2) is 0 Å². The molecule has 0 saturated carbocycles. The van der Waals surface area contributed by atoms with Crippen molar-refractivity contribution in [3.05, 3.63) is 65.0 Å². The van der Waals surface area contributed by atoms with Crippen LogP contribution in [-0.4, -0.2) is 48.6 Å². The Morgan fingerprint density at radius 3 is 2.70 bits per heavy atom. The van der Waals surface area contributed by atoms with E-state index in [1.54, 1.807) is 12.1 Å². The van der Waals surface area contributed by atoms with E-state index in [0.29, 0.717) is 22.9 Å². The fourth-order valence-corrected chi connectivity index (χ4v) is 5.31. The molecule has 4 rings (SSSR count). The molecule has 1 unspecified atom stereocenters.